The predicted molar refractivity (Wildman–Crippen MR) is 77.6 cm³/mol. The van der Waals surface area contributed by atoms with E-state index in [0.717, 1.165) is 11.8 Å². The van der Waals surface area contributed by atoms with Crippen molar-refractivity contribution in [2.24, 2.45) is 7.05 Å². The van der Waals surface area contributed by atoms with Crippen LogP contribution in [0, 0.1) is 17.0 Å². The second-order valence-corrected chi connectivity index (χ2v) is 6.60. The maximum atomic E-state index is 11.2. The number of aryl methyl sites for hydroxylation is 2. The summed E-state index contributed by atoms with van der Waals surface area (Å²) in [5.41, 5.74) is 0.0430. The minimum absolute atomic E-state index is 0.0391. The highest BCUT2D eigenvalue weighted by molar-refractivity contribution is 7.99. The van der Waals surface area contributed by atoms with Crippen molar-refractivity contribution in [3.05, 3.63) is 21.6 Å². The summed E-state index contributed by atoms with van der Waals surface area (Å²) in [7, 11) is 1.64. The zero-order valence-corrected chi connectivity index (χ0v) is 13.3. The Morgan fingerprint density at radius 3 is 2.43 bits per heavy atom. The highest BCUT2D eigenvalue weighted by Crippen LogP contribution is 2.36. The van der Waals surface area contributed by atoms with Gasteiger partial charge in [-0.3, -0.25) is 14.8 Å². The van der Waals surface area contributed by atoms with E-state index in [0.29, 0.717) is 21.7 Å². The molecule has 0 aliphatic heterocycles. The van der Waals surface area contributed by atoms with Crippen LogP contribution in [0.3, 0.4) is 0 Å². The van der Waals surface area contributed by atoms with Gasteiger partial charge in [-0.15, -0.1) is 10.2 Å². The van der Waals surface area contributed by atoms with Gasteiger partial charge in [0.25, 0.3) is 0 Å². The number of hydrogen-bond donors (Lipinski definition) is 1. The van der Waals surface area contributed by atoms with Crippen molar-refractivity contribution in [3.63, 3.8) is 0 Å². The van der Waals surface area contributed by atoms with Gasteiger partial charge in [-0.2, -0.15) is 5.10 Å². The van der Waals surface area contributed by atoms with Crippen LogP contribution in [0.1, 0.15) is 32.3 Å². The van der Waals surface area contributed by atoms with Crippen LogP contribution in [-0.2, 0) is 12.5 Å². The van der Waals surface area contributed by atoms with Gasteiger partial charge in [0.15, 0.2) is 10.9 Å². The Balaban J connectivity index is 2.45. The minimum atomic E-state index is -0.452. The van der Waals surface area contributed by atoms with Gasteiger partial charge in [-0.05, 0) is 18.7 Å². The number of nitrogen functional groups attached to an aromatic ring is 1. The lowest BCUT2D eigenvalue weighted by atomic mass is 9.96. The third kappa shape index (κ3) is 2.71. The van der Waals surface area contributed by atoms with E-state index in [-0.39, 0.29) is 11.1 Å². The molecule has 2 aromatic rings. The van der Waals surface area contributed by atoms with Gasteiger partial charge in [-0.1, -0.05) is 20.8 Å². The van der Waals surface area contributed by atoms with Crippen molar-refractivity contribution in [2.45, 2.75) is 43.3 Å². The Bertz CT molecular complexity index is 698. The fraction of sp³-hybridized carbons (Fsp3) is 0.545. The SMILES string of the molecule is Cc1nn(C)c(Sc2nnc(C(C)(C)C)n2N)c1[N+](=O)[O-]. The topological polar surface area (TPSA) is 118 Å². The molecule has 114 valence electrons. The van der Waals surface area contributed by atoms with E-state index in [1.807, 2.05) is 20.8 Å². The highest BCUT2D eigenvalue weighted by atomic mass is 32.2. The first-order chi connectivity index (χ1) is 9.62. The molecule has 0 aromatic carbocycles. The molecule has 0 spiro atoms. The van der Waals surface area contributed by atoms with Crippen molar-refractivity contribution in [2.75, 3.05) is 5.84 Å². The molecule has 9 nitrogen and oxygen atoms in total. The summed E-state index contributed by atoms with van der Waals surface area (Å²) in [5.74, 6) is 6.59. The van der Waals surface area contributed by atoms with E-state index >= 15 is 0 Å². The van der Waals surface area contributed by atoms with Crippen LogP contribution >= 0.6 is 11.8 Å². The number of nitro groups is 1. The van der Waals surface area contributed by atoms with E-state index in [1.165, 1.54) is 9.36 Å². The third-order valence-corrected chi connectivity index (χ3v) is 3.96. The average molecular weight is 311 g/mol. The molecular weight excluding hydrogens is 294 g/mol. The summed E-state index contributed by atoms with van der Waals surface area (Å²) in [4.78, 5) is 10.7. The van der Waals surface area contributed by atoms with E-state index in [4.69, 9.17) is 5.84 Å². The first-order valence-electron chi connectivity index (χ1n) is 6.19. The standard InChI is InChI=1S/C11H17N7O2S/c1-6-7(18(19)20)8(16(5)15-6)21-10-14-13-9(17(10)12)11(2,3)4/h12H2,1-5H3. The van der Waals surface area contributed by atoms with Gasteiger partial charge in [0.1, 0.15) is 5.69 Å². The smallest absolute Gasteiger partial charge is 0.324 e. The van der Waals surface area contributed by atoms with Crippen LogP contribution in [0.4, 0.5) is 5.69 Å². The Morgan fingerprint density at radius 1 is 1.33 bits per heavy atom. The average Bonchev–Trinajstić information content (AvgIpc) is 2.81. The van der Waals surface area contributed by atoms with Crippen molar-refractivity contribution >= 4 is 17.4 Å². The Morgan fingerprint density at radius 2 is 1.95 bits per heavy atom. The molecular formula is C11H17N7O2S. The number of nitrogens with two attached hydrogens (primary N) is 1. The fourth-order valence-corrected chi connectivity index (χ4v) is 2.83. The van der Waals surface area contributed by atoms with Crippen LogP contribution in [0.15, 0.2) is 10.2 Å². The molecule has 0 saturated carbocycles. The summed E-state index contributed by atoms with van der Waals surface area (Å²) in [6, 6.07) is 0. The fourth-order valence-electron chi connectivity index (χ4n) is 1.89. The number of aromatic nitrogens is 5. The van der Waals surface area contributed by atoms with Crippen molar-refractivity contribution < 1.29 is 4.92 Å². The zero-order chi connectivity index (χ0) is 15.9. The minimum Gasteiger partial charge on any atom is -0.336 e. The molecule has 0 unspecified atom stereocenters. The second kappa shape index (κ2) is 5.02. The Hall–Kier alpha value is -2.10. The number of nitrogens with zero attached hydrogens (tertiary/aromatic N) is 6. The van der Waals surface area contributed by atoms with Crippen LogP contribution in [0.25, 0.3) is 0 Å². The lowest BCUT2D eigenvalue weighted by molar-refractivity contribution is -0.388. The molecule has 0 fully saturated rings. The summed E-state index contributed by atoms with van der Waals surface area (Å²) >= 11 is 1.08. The molecule has 2 rings (SSSR count). The Kier molecular flexibility index (Phi) is 3.66. The second-order valence-electron chi connectivity index (χ2n) is 5.65. The molecule has 2 heterocycles. The van der Waals surface area contributed by atoms with Gasteiger partial charge in [0.2, 0.25) is 5.16 Å². The quantitative estimate of drug-likeness (QED) is 0.517. The molecule has 2 aromatic heterocycles. The molecule has 10 heteroatoms. The highest BCUT2D eigenvalue weighted by Gasteiger charge is 2.28. The molecule has 0 aliphatic carbocycles. The number of rotatable bonds is 3. The van der Waals surface area contributed by atoms with Gasteiger partial charge in [0.05, 0.1) is 4.92 Å². The molecule has 0 atom stereocenters. The van der Waals surface area contributed by atoms with Gasteiger partial charge in [0, 0.05) is 12.5 Å². The molecule has 0 aliphatic rings. The van der Waals surface area contributed by atoms with E-state index < -0.39 is 4.92 Å². The van der Waals surface area contributed by atoms with E-state index in [9.17, 15) is 10.1 Å². The van der Waals surface area contributed by atoms with Crippen molar-refractivity contribution in [1.29, 1.82) is 0 Å². The van der Waals surface area contributed by atoms with Crippen LogP contribution in [0.5, 0.6) is 0 Å². The van der Waals surface area contributed by atoms with Crippen molar-refractivity contribution in [1.82, 2.24) is 24.7 Å². The molecule has 2 N–H and O–H groups in total. The van der Waals surface area contributed by atoms with Crippen LogP contribution in [-0.4, -0.2) is 29.6 Å². The summed E-state index contributed by atoms with van der Waals surface area (Å²) in [5, 5.41) is 24.1. The molecule has 0 amide bonds. The van der Waals surface area contributed by atoms with Gasteiger partial charge >= 0.3 is 5.69 Å². The monoisotopic (exact) mass is 311 g/mol. The normalized spacial score (nSPS) is 11.9. The van der Waals surface area contributed by atoms with Crippen LogP contribution < -0.4 is 5.84 Å². The third-order valence-electron chi connectivity index (χ3n) is 2.85. The summed E-state index contributed by atoms with van der Waals surface area (Å²) in [6.45, 7) is 7.48. The predicted octanol–water partition coefficient (Wildman–Crippen LogP) is 1.39. The maximum Gasteiger partial charge on any atom is 0.324 e. The maximum absolute atomic E-state index is 11.2. The van der Waals surface area contributed by atoms with Crippen LogP contribution in [0.2, 0.25) is 0 Å². The molecule has 0 bridgehead atoms. The largest absolute Gasteiger partial charge is 0.336 e. The summed E-state index contributed by atoms with van der Waals surface area (Å²) in [6.07, 6.45) is 0. The number of hydrogen-bond acceptors (Lipinski definition) is 7. The molecule has 21 heavy (non-hydrogen) atoms. The van der Waals surface area contributed by atoms with E-state index in [2.05, 4.69) is 15.3 Å². The first-order valence-corrected chi connectivity index (χ1v) is 7.01. The van der Waals surface area contributed by atoms with E-state index in [1.54, 1.807) is 14.0 Å². The lowest BCUT2D eigenvalue weighted by Gasteiger charge is -2.16. The van der Waals surface area contributed by atoms with Gasteiger partial charge in [-0.25, -0.2) is 4.68 Å². The lowest BCUT2D eigenvalue weighted by Crippen LogP contribution is -2.24. The zero-order valence-electron chi connectivity index (χ0n) is 12.5. The van der Waals surface area contributed by atoms with Gasteiger partial charge < -0.3 is 5.84 Å². The summed E-state index contributed by atoms with van der Waals surface area (Å²) < 4.78 is 2.81. The first kappa shape index (κ1) is 15.3. The molecule has 0 saturated heterocycles. The Labute approximate surface area is 125 Å². The van der Waals surface area contributed by atoms with Crippen molar-refractivity contribution in [3.8, 4) is 0 Å². The molecule has 0 radical (unpaired) electrons.